The summed E-state index contributed by atoms with van der Waals surface area (Å²) in [4.78, 5) is 35.2. The molecule has 23 heavy (non-hydrogen) atoms. The van der Waals surface area contributed by atoms with Crippen LogP contribution in [0.1, 0.15) is 33.1 Å². The Kier molecular flexibility index (Phi) is 7.74. The van der Waals surface area contributed by atoms with Gasteiger partial charge in [0.25, 0.3) is 5.92 Å². The van der Waals surface area contributed by atoms with Crippen LogP contribution in [0.2, 0.25) is 0 Å². The quantitative estimate of drug-likeness (QED) is 0.740. The molecule has 1 N–H and O–H groups in total. The van der Waals surface area contributed by atoms with Crippen molar-refractivity contribution in [2.24, 2.45) is 0 Å². The van der Waals surface area contributed by atoms with E-state index in [1.807, 2.05) is 6.92 Å². The van der Waals surface area contributed by atoms with Crippen molar-refractivity contribution >= 4 is 28.9 Å². The highest BCUT2D eigenvalue weighted by Gasteiger charge is 2.43. The lowest BCUT2D eigenvalue weighted by atomic mass is 10.0. The molecule has 132 valence electrons. The van der Waals surface area contributed by atoms with E-state index in [1.54, 1.807) is 0 Å². The van der Waals surface area contributed by atoms with Gasteiger partial charge in [-0.25, -0.2) is 13.6 Å². The fourth-order valence-electron chi connectivity index (χ4n) is 2.17. The van der Waals surface area contributed by atoms with Crippen LogP contribution < -0.4 is 5.32 Å². The summed E-state index contributed by atoms with van der Waals surface area (Å²) in [7, 11) is 0. The summed E-state index contributed by atoms with van der Waals surface area (Å²) in [5.74, 6) is -3.72. The minimum atomic E-state index is -3.09. The second-order valence-electron chi connectivity index (χ2n) is 5.45. The Morgan fingerprint density at radius 1 is 1.39 bits per heavy atom. The van der Waals surface area contributed by atoms with Crippen molar-refractivity contribution in [2.75, 3.05) is 25.4 Å². The van der Waals surface area contributed by atoms with Gasteiger partial charge in [-0.05, 0) is 6.42 Å². The summed E-state index contributed by atoms with van der Waals surface area (Å²) in [6, 6.07) is -0.863. The molecule has 0 aromatic rings. The topological polar surface area (TPSA) is 75.7 Å². The van der Waals surface area contributed by atoms with Crippen LogP contribution in [0.5, 0.6) is 0 Å². The van der Waals surface area contributed by atoms with E-state index < -0.39 is 36.9 Å². The molecule has 1 aliphatic heterocycles. The van der Waals surface area contributed by atoms with E-state index in [9.17, 15) is 23.2 Å². The Bertz CT molecular complexity index is 448. The monoisotopic (exact) mass is 352 g/mol. The van der Waals surface area contributed by atoms with Gasteiger partial charge in [-0.15, -0.1) is 0 Å². The van der Waals surface area contributed by atoms with Gasteiger partial charge in [0.15, 0.2) is 5.12 Å². The summed E-state index contributed by atoms with van der Waals surface area (Å²) in [5.41, 5.74) is 0. The molecule has 0 bridgehead atoms. The number of halogens is 2. The average Bonchev–Trinajstić information content (AvgIpc) is 2.43. The zero-order chi connectivity index (χ0) is 17.5. The highest BCUT2D eigenvalue weighted by Crippen LogP contribution is 2.27. The molecular formula is C14H22F2N2O4S. The largest absolute Gasteiger partial charge is 0.449 e. The number of hydrogen-bond acceptors (Lipinski definition) is 5. The molecule has 0 radical (unpaired) electrons. The number of carbonyl (C=O) groups is 3. The van der Waals surface area contributed by atoms with Crippen molar-refractivity contribution in [1.29, 1.82) is 0 Å². The van der Waals surface area contributed by atoms with Crippen LogP contribution in [0.3, 0.4) is 0 Å². The minimum absolute atomic E-state index is 0.0307. The van der Waals surface area contributed by atoms with Crippen LogP contribution in [0.4, 0.5) is 13.6 Å². The van der Waals surface area contributed by atoms with Crippen molar-refractivity contribution in [1.82, 2.24) is 10.2 Å². The summed E-state index contributed by atoms with van der Waals surface area (Å²) in [5, 5.41) is 2.21. The first-order chi connectivity index (χ1) is 10.7. The first-order valence-electron chi connectivity index (χ1n) is 7.45. The van der Waals surface area contributed by atoms with Gasteiger partial charge < -0.3 is 15.0 Å². The molecule has 0 spiro atoms. The zero-order valence-electron chi connectivity index (χ0n) is 13.3. The third kappa shape index (κ3) is 7.62. The third-order valence-corrected chi connectivity index (χ3v) is 3.97. The maximum Gasteiger partial charge on any atom is 0.410 e. The molecule has 0 saturated carbocycles. The highest BCUT2D eigenvalue weighted by molar-refractivity contribution is 8.14. The van der Waals surface area contributed by atoms with Gasteiger partial charge in [0.2, 0.25) is 5.91 Å². The molecule has 0 aliphatic carbocycles. The fourth-order valence-corrected chi connectivity index (χ4v) is 2.58. The van der Waals surface area contributed by atoms with Crippen LogP contribution >= 0.6 is 11.8 Å². The molecule has 0 unspecified atom stereocenters. The van der Waals surface area contributed by atoms with Gasteiger partial charge in [0, 0.05) is 19.9 Å². The molecule has 1 fully saturated rings. The average molecular weight is 352 g/mol. The predicted molar refractivity (Wildman–Crippen MR) is 82.5 cm³/mol. The van der Waals surface area contributed by atoms with Crippen molar-refractivity contribution in [3.8, 4) is 0 Å². The Labute approximate surface area is 138 Å². The molecule has 2 amide bonds. The molecule has 1 heterocycles. The Morgan fingerprint density at radius 3 is 2.70 bits per heavy atom. The first kappa shape index (κ1) is 19.7. The lowest BCUT2D eigenvalue weighted by molar-refractivity contribution is -0.122. The van der Waals surface area contributed by atoms with Crippen LogP contribution in [0.15, 0.2) is 0 Å². The van der Waals surface area contributed by atoms with E-state index in [4.69, 9.17) is 4.74 Å². The van der Waals surface area contributed by atoms with Crippen LogP contribution in [0.25, 0.3) is 0 Å². The number of thioether (sulfide) groups is 1. The Morgan fingerprint density at radius 2 is 2.09 bits per heavy atom. The normalized spacial score (nSPS) is 20.0. The number of amides is 2. The van der Waals surface area contributed by atoms with E-state index in [0.717, 1.165) is 23.1 Å². The van der Waals surface area contributed by atoms with Crippen molar-refractivity contribution in [3.63, 3.8) is 0 Å². The Hall–Kier alpha value is -1.38. The van der Waals surface area contributed by atoms with Gasteiger partial charge in [-0.1, -0.05) is 25.1 Å². The van der Waals surface area contributed by atoms with E-state index in [2.05, 4.69) is 5.32 Å². The second kappa shape index (κ2) is 9.05. The number of likely N-dealkylation sites (tertiary alicyclic amines) is 1. The number of alkyl halides is 2. The smallest absolute Gasteiger partial charge is 0.410 e. The van der Waals surface area contributed by atoms with Gasteiger partial charge in [0.05, 0.1) is 24.9 Å². The molecule has 6 nitrogen and oxygen atoms in total. The maximum absolute atomic E-state index is 13.8. The molecule has 0 aromatic carbocycles. The summed E-state index contributed by atoms with van der Waals surface area (Å²) >= 11 is 0.805. The number of ether oxygens (including phenoxy) is 1. The van der Waals surface area contributed by atoms with Crippen LogP contribution in [0, 0.1) is 0 Å². The fraction of sp³-hybridized carbons (Fsp3) is 0.786. The highest BCUT2D eigenvalue weighted by atomic mass is 32.2. The van der Waals surface area contributed by atoms with Crippen LogP contribution in [-0.2, 0) is 14.3 Å². The predicted octanol–water partition coefficient (Wildman–Crippen LogP) is 2.03. The maximum atomic E-state index is 13.8. The van der Waals surface area contributed by atoms with Crippen molar-refractivity contribution in [2.45, 2.75) is 45.1 Å². The first-order valence-corrected chi connectivity index (χ1v) is 8.44. The molecule has 1 atom stereocenters. The SMILES string of the molecule is CCCCOC(=O)N1C[C@@H](NC(=O)CSC(C)=O)CC(F)(F)C1. The lowest BCUT2D eigenvalue weighted by Crippen LogP contribution is -2.57. The molecule has 1 aliphatic rings. The van der Waals surface area contributed by atoms with Gasteiger partial charge in [-0.3, -0.25) is 9.59 Å². The molecule has 1 saturated heterocycles. The number of rotatable bonds is 6. The number of unbranched alkanes of at least 4 members (excludes halogenated alkanes) is 1. The second-order valence-corrected chi connectivity index (χ2v) is 6.61. The van der Waals surface area contributed by atoms with Crippen molar-refractivity contribution < 1.29 is 27.9 Å². The van der Waals surface area contributed by atoms with E-state index >= 15 is 0 Å². The third-order valence-electron chi connectivity index (χ3n) is 3.16. The van der Waals surface area contributed by atoms with E-state index in [-0.39, 0.29) is 24.0 Å². The zero-order valence-corrected chi connectivity index (χ0v) is 14.1. The minimum Gasteiger partial charge on any atom is -0.449 e. The van der Waals surface area contributed by atoms with Gasteiger partial charge in [0.1, 0.15) is 0 Å². The number of piperidine rings is 1. The number of carbonyl (C=O) groups excluding carboxylic acids is 3. The number of hydrogen-bond donors (Lipinski definition) is 1. The van der Waals surface area contributed by atoms with Crippen LogP contribution in [-0.4, -0.2) is 59.4 Å². The van der Waals surface area contributed by atoms with E-state index in [1.165, 1.54) is 6.92 Å². The van der Waals surface area contributed by atoms with Gasteiger partial charge in [-0.2, -0.15) is 0 Å². The van der Waals surface area contributed by atoms with Gasteiger partial charge >= 0.3 is 6.09 Å². The molecule has 0 aromatic heterocycles. The van der Waals surface area contributed by atoms with E-state index in [0.29, 0.717) is 6.42 Å². The molecular weight excluding hydrogens is 330 g/mol. The lowest BCUT2D eigenvalue weighted by Gasteiger charge is -2.37. The number of nitrogens with zero attached hydrogens (tertiary/aromatic N) is 1. The summed E-state index contributed by atoms with van der Waals surface area (Å²) in [6.07, 6.45) is 0.159. The Balaban J connectivity index is 2.55. The standard InChI is InChI=1S/C14H22F2N2O4S/c1-3-4-5-22-13(21)18-7-11(6-14(15,16)9-18)17-12(20)8-23-10(2)19/h11H,3-9H2,1-2H3,(H,17,20)/t11-/m0/s1. The summed E-state index contributed by atoms with van der Waals surface area (Å²) < 4.78 is 32.5. The number of nitrogens with one attached hydrogen (secondary N) is 1. The van der Waals surface area contributed by atoms with Crippen molar-refractivity contribution in [3.05, 3.63) is 0 Å². The molecule has 1 rings (SSSR count). The molecule has 9 heteroatoms. The summed E-state index contributed by atoms with van der Waals surface area (Å²) in [6.45, 7) is 2.68.